The number of rotatable bonds is 17. The molecule has 36 atom stereocenters. The number of aliphatic hydroxyl groups excluding tert-OH is 19. The van der Waals surface area contributed by atoms with E-state index in [4.69, 9.17) is 56.8 Å². The SMILES string of the molecule is C[C@@H]1O[C@@H](O[C@H]2[C@H](OC(=O)[C@]34CCC(C)(C)C[C@H]3C3=CC[C@@H]5[C@@]6(C)C[C@H](O)[C@H](O[C@@H]7O[C@H](CO[C@@H]8O[C@H](CO)[C@@H](O)[C@H](O)[C@H]8O)[C@@H](O)[C@H](O)[C@H]7O)C(CO)(CO)[C@H]6CC[C@@]5(C)[C@]3(C)C[C@H]4O)OC[C@H](O)[C@@H]2O)[C@H](O)[C@H](O)[C@H]1O[C@@H]1OC[C@@H](O)[C@H](O[C@@H]2OC[C@](O)(CO)[C@H]2O)[C@H]1O. The van der Waals surface area contributed by atoms with Crippen LogP contribution in [-0.2, 0) is 61.6 Å². The fourth-order valence-corrected chi connectivity index (χ4v) is 18.8. The predicted molar refractivity (Wildman–Crippen MR) is 314 cm³/mol. The van der Waals surface area contributed by atoms with E-state index < -0.39 is 275 Å². The van der Waals surface area contributed by atoms with E-state index in [1.54, 1.807) is 0 Å². The second-order valence-corrected chi connectivity index (χ2v) is 30.7. The molecule has 5 aliphatic carbocycles. The van der Waals surface area contributed by atoms with Gasteiger partial charge in [-0.25, -0.2) is 0 Å². The van der Waals surface area contributed by atoms with Gasteiger partial charge < -0.3 is 159 Å². The highest BCUT2D eigenvalue weighted by molar-refractivity contribution is 5.80. The summed E-state index contributed by atoms with van der Waals surface area (Å²) in [4.78, 5) is 15.5. The molecule has 33 nitrogen and oxygen atoms in total. The van der Waals surface area contributed by atoms with Crippen molar-refractivity contribution in [3.05, 3.63) is 11.6 Å². The van der Waals surface area contributed by atoms with Crippen LogP contribution in [0.2, 0.25) is 0 Å². The van der Waals surface area contributed by atoms with E-state index >= 15 is 4.79 Å². The lowest BCUT2D eigenvalue weighted by Crippen LogP contribution is -2.71. The molecule has 0 radical (unpaired) electrons. The Bertz CT molecular complexity index is 2710. The van der Waals surface area contributed by atoms with Gasteiger partial charge in [-0.15, -0.1) is 0 Å². The van der Waals surface area contributed by atoms with E-state index in [-0.39, 0.29) is 30.6 Å². The summed E-state index contributed by atoms with van der Waals surface area (Å²) in [5.74, 6) is -2.50. The first-order valence-electron chi connectivity index (χ1n) is 33.4. The minimum atomic E-state index is -2.09. The third-order valence-electron chi connectivity index (χ3n) is 24.7. The van der Waals surface area contributed by atoms with Gasteiger partial charge >= 0.3 is 5.97 Å². The lowest BCUT2D eigenvalue weighted by Gasteiger charge is -2.72. The average Bonchev–Trinajstić information content (AvgIpc) is 1.24. The van der Waals surface area contributed by atoms with E-state index in [0.717, 1.165) is 5.57 Å². The zero-order valence-electron chi connectivity index (χ0n) is 54.5. The maximum absolute atomic E-state index is 15.5. The Morgan fingerprint density at radius 1 is 0.552 bits per heavy atom. The molecule has 0 aromatic heterocycles. The highest BCUT2D eigenvalue weighted by Gasteiger charge is 2.74. The summed E-state index contributed by atoms with van der Waals surface area (Å²) in [5.41, 5.74) is -7.34. The summed E-state index contributed by atoms with van der Waals surface area (Å²) >= 11 is 0. The molecule has 6 aliphatic heterocycles. The monoisotopic (exact) mass is 1390 g/mol. The molecular formula is C63H102O33. The molecule has 0 spiro atoms. The van der Waals surface area contributed by atoms with Crippen LogP contribution >= 0.6 is 0 Å². The van der Waals surface area contributed by atoms with Crippen LogP contribution < -0.4 is 0 Å². The molecular weight excluding hydrogens is 1280 g/mol. The summed E-state index contributed by atoms with van der Waals surface area (Å²) in [6.45, 7) is 6.34. The molecule has 11 aliphatic rings. The largest absolute Gasteiger partial charge is 0.432 e. The number of carbonyl (C=O) groups excluding carboxylic acids is 1. The molecule has 0 aromatic rings. The molecule has 0 unspecified atom stereocenters. The highest BCUT2D eigenvalue weighted by Crippen LogP contribution is 2.76. The summed E-state index contributed by atoms with van der Waals surface area (Å²) in [6.07, 6.45) is -43.1. The fourth-order valence-electron chi connectivity index (χ4n) is 18.8. The highest BCUT2D eigenvalue weighted by atomic mass is 16.8. The molecule has 20 N–H and O–H groups in total. The first kappa shape index (κ1) is 75.1. The molecule has 0 bridgehead atoms. The third kappa shape index (κ3) is 12.4. The van der Waals surface area contributed by atoms with Gasteiger partial charge in [0.25, 0.3) is 0 Å². The summed E-state index contributed by atoms with van der Waals surface area (Å²) in [7, 11) is 0. The van der Waals surface area contributed by atoms with Gasteiger partial charge in [0.15, 0.2) is 37.6 Å². The second kappa shape index (κ2) is 27.9. The molecule has 552 valence electrons. The first-order chi connectivity index (χ1) is 45.1. The maximum atomic E-state index is 15.5. The minimum Gasteiger partial charge on any atom is -0.432 e. The van der Waals surface area contributed by atoms with E-state index in [9.17, 15) is 102 Å². The summed E-state index contributed by atoms with van der Waals surface area (Å²) in [6, 6.07) is 0. The van der Waals surface area contributed by atoms with Crippen LogP contribution in [0.25, 0.3) is 0 Å². The van der Waals surface area contributed by atoms with Crippen molar-refractivity contribution in [3.8, 4) is 0 Å². The number of hydrogen-bond donors (Lipinski definition) is 20. The molecule has 6 saturated heterocycles. The van der Waals surface area contributed by atoms with E-state index in [1.165, 1.54) is 6.92 Å². The Morgan fingerprint density at radius 2 is 1.16 bits per heavy atom. The van der Waals surface area contributed by atoms with Crippen molar-refractivity contribution in [3.63, 3.8) is 0 Å². The van der Waals surface area contributed by atoms with Crippen molar-refractivity contribution in [2.75, 3.05) is 52.9 Å². The Balaban J connectivity index is 0.793. The van der Waals surface area contributed by atoms with Gasteiger partial charge in [0.05, 0.1) is 77.3 Å². The second-order valence-electron chi connectivity index (χ2n) is 30.7. The molecule has 0 aromatic carbocycles. The van der Waals surface area contributed by atoms with Crippen LogP contribution in [0.1, 0.15) is 92.9 Å². The zero-order valence-corrected chi connectivity index (χ0v) is 54.5. The van der Waals surface area contributed by atoms with Gasteiger partial charge in [0.1, 0.15) is 115 Å². The lowest BCUT2D eigenvalue weighted by molar-refractivity contribution is -0.372. The van der Waals surface area contributed by atoms with Crippen molar-refractivity contribution >= 4 is 5.97 Å². The molecule has 33 heteroatoms. The van der Waals surface area contributed by atoms with Gasteiger partial charge in [-0.1, -0.05) is 46.3 Å². The van der Waals surface area contributed by atoms with Crippen LogP contribution in [0.3, 0.4) is 0 Å². The fraction of sp³-hybridized carbons (Fsp3) is 0.952. The van der Waals surface area contributed by atoms with Crippen LogP contribution in [0, 0.1) is 50.2 Å². The van der Waals surface area contributed by atoms with Crippen molar-refractivity contribution in [2.45, 2.75) is 271 Å². The van der Waals surface area contributed by atoms with Gasteiger partial charge in [-0.3, -0.25) is 4.79 Å². The molecule has 4 saturated carbocycles. The van der Waals surface area contributed by atoms with Gasteiger partial charge in [0, 0.05) is 5.41 Å². The van der Waals surface area contributed by atoms with Gasteiger partial charge in [0.2, 0.25) is 6.29 Å². The zero-order chi connectivity index (χ0) is 70.1. The number of esters is 1. The lowest BCUT2D eigenvalue weighted by atomic mass is 9.33. The summed E-state index contributed by atoms with van der Waals surface area (Å²) in [5, 5.41) is 221. The predicted octanol–water partition coefficient (Wildman–Crippen LogP) is -7.55. The summed E-state index contributed by atoms with van der Waals surface area (Å²) < 4.78 is 70.1. The Kier molecular flexibility index (Phi) is 21.8. The molecule has 6 heterocycles. The van der Waals surface area contributed by atoms with Crippen molar-refractivity contribution in [1.82, 2.24) is 0 Å². The van der Waals surface area contributed by atoms with E-state index in [1.807, 2.05) is 6.92 Å². The van der Waals surface area contributed by atoms with E-state index in [0.29, 0.717) is 32.1 Å². The number of fused-ring (bicyclic) bond motifs is 7. The van der Waals surface area contributed by atoms with Crippen LogP contribution in [0.4, 0.5) is 0 Å². The standard InChI is InChI=1S/C63H102O33/c1-24-45(92-51-44(81)46(29(70)18-85-51)93-55-48(82)62(84,22-67)23-88-55)40(77)43(80)52(89-24)94-47-35(72)28(69)17-86-54(47)96-56(83)63-12-11-57(2,3)13-26(63)25-7-8-32-58(4)14-27(68)49(61(20-65,21-66)33(58)9-10-59(32,5)60(25,6)15-34(63)71)95-53-42(79)39(76)37(74)31(91-53)19-87-50-41(78)38(75)36(73)30(16-64)90-50/h7,24,26-55,64-82,84H,8-23H2,1-6H3/t24-,26-,27-,28-,29+,30+,31+,32+,33-,34+,35-,36+,37+,38-,39-,40-,41+,42+,43+,44+,45-,46-,47+,48-,49-,50+,51-,52-,53-,54-,55-,58+,59+,60+,62+,63+/m0/s1. The van der Waals surface area contributed by atoms with E-state index in [2.05, 4.69) is 33.8 Å². The Labute approximate surface area is 553 Å². The molecule has 10 fully saturated rings. The van der Waals surface area contributed by atoms with Crippen molar-refractivity contribution in [1.29, 1.82) is 0 Å². The molecule has 11 rings (SSSR count). The van der Waals surface area contributed by atoms with Crippen LogP contribution in [0.15, 0.2) is 11.6 Å². The third-order valence-corrected chi connectivity index (χ3v) is 24.7. The number of carbonyl (C=O) groups is 1. The van der Waals surface area contributed by atoms with Crippen molar-refractivity contribution < 1.29 is 164 Å². The normalized spacial score (nSPS) is 54.0. The quantitative estimate of drug-likeness (QED) is 0.0365. The Morgan fingerprint density at radius 3 is 1.81 bits per heavy atom. The smallest absolute Gasteiger partial charge is 0.317 e. The van der Waals surface area contributed by atoms with Gasteiger partial charge in [-0.05, 0) is 97.7 Å². The number of allylic oxidation sites excluding steroid dienone is 2. The van der Waals surface area contributed by atoms with Crippen LogP contribution in [0.5, 0.6) is 0 Å². The minimum absolute atomic E-state index is 0.0176. The maximum Gasteiger partial charge on any atom is 0.317 e. The number of hydrogen-bond acceptors (Lipinski definition) is 33. The Hall–Kier alpha value is -2.03. The van der Waals surface area contributed by atoms with Crippen LogP contribution in [-0.4, -0.2) is 339 Å². The first-order valence-corrected chi connectivity index (χ1v) is 33.4. The number of ether oxygens (including phenoxy) is 12. The van der Waals surface area contributed by atoms with Gasteiger partial charge in [-0.2, -0.15) is 0 Å². The van der Waals surface area contributed by atoms with Crippen molar-refractivity contribution in [2.24, 2.45) is 50.2 Å². The molecule has 96 heavy (non-hydrogen) atoms. The topological polar surface area (TPSA) is 532 Å². The molecule has 0 amide bonds. The average molecular weight is 1390 g/mol. The number of aliphatic hydroxyl groups is 20.